The minimum absolute atomic E-state index is 0.0588. The Balaban J connectivity index is 2.00. The van der Waals surface area contributed by atoms with E-state index in [1.807, 2.05) is 23.9 Å². The Bertz CT molecular complexity index is 309. The number of aromatic nitrogens is 1. The van der Waals surface area contributed by atoms with Gasteiger partial charge in [-0.15, -0.1) is 0 Å². The van der Waals surface area contributed by atoms with Crippen LogP contribution in [0.15, 0.2) is 24.5 Å². The zero-order chi connectivity index (χ0) is 10.7. The van der Waals surface area contributed by atoms with Gasteiger partial charge in [0.1, 0.15) is 0 Å². The molecule has 1 saturated heterocycles. The molecule has 2 atom stereocenters. The molecule has 2 nitrogen and oxygen atoms in total. The van der Waals surface area contributed by atoms with E-state index in [2.05, 4.69) is 11.9 Å². The Morgan fingerprint density at radius 3 is 2.87 bits per heavy atom. The van der Waals surface area contributed by atoms with Crippen LogP contribution in [0.3, 0.4) is 0 Å². The number of pyridine rings is 1. The molecule has 0 saturated carbocycles. The van der Waals surface area contributed by atoms with Crippen molar-refractivity contribution >= 4 is 11.8 Å². The summed E-state index contributed by atoms with van der Waals surface area (Å²) in [6.07, 6.45) is 6.43. The number of aliphatic hydroxyl groups is 1. The van der Waals surface area contributed by atoms with Crippen LogP contribution in [0.4, 0.5) is 0 Å². The Morgan fingerprint density at radius 1 is 1.53 bits per heavy atom. The highest BCUT2D eigenvalue weighted by Gasteiger charge is 2.36. The van der Waals surface area contributed by atoms with Gasteiger partial charge in [-0.05, 0) is 49.6 Å². The highest BCUT2D eigenvalue weighted by Crippen LogP contribution is 2.41. The van der Waals surface area contributed by atoms with Gasteiger partial charge in [0.15, 0.2) is 0 Å². The number of rotatable bonds is 3. The van der Waals surface area contributed by atoms with Gasteiger partial charge in [-0.3, -0.25) is 4.98 Å². The Labute approximate surface area is 95.1 Å². The van der Waals surface area contributed by atoms with Crippen molar-refractivity contribution in [1.82, 2.24) is 4.98 Å². The number of hydrogen-bond donors (Lipinski definition) is 1. The first-order valence-corrected chi connectivity index (χ1v) is 6.40. The van der Waals surface area contributed by atoms with Crippen molar-refractivity contribution in [1.29, 1.82) is 0 Å². The lowest BCUT2D eigenvalue weighted by atomic mass is 9.94. The van der Waals surface area contributed by atoms with Crippen molar-refractivity contribution in [3.05, 3.63) is 30.1 Å². The summed E-state index contributed by atoms with van der Waals surface area (Å²) >= 11 is 1.91. The maximum Gasteiger partial charge on any atom is 0.0724 e. The van der Waals surface area contributed by atoms with Gasteiger partial charge in [-0.2, -0.15) is 11.8 Å². The van der Waals surface area contributed by atoms with Crippen LogP contribution in [0.5, 0.6) is 0 Å². The summed E-state index contributed by atoms with van der Waals surface area (Å²) in [6, 6.07) is 3.96. The average molecular weight is 223 g/mol. The summed E-state index contributed by atoms with van der Waals surface area (Å²) in [4.78, 5) is 3.98. The fourth-order valence-electron chi connectivity index (χ4n) is 2.02. The maximum absolute atomic E-state index is 10.2. The maximum atomic E-state index is 10.2. The van der Waals surface area contributed by atoms with Gasteiger partial charge in [0.05, 0.1) is 6.10 Å². The van der Waals surface area contributed by atoms with Crippen LogP contribution < -0.4 is 0 Å². The Morgan fingerprint density at radius 2 is 2.27 bits per heavy atom. The molecule has 1 aliphatic heterocycles. The Kier molecular flexibility index (Phi) is 3.32. The van der Waals surface area contributed by atoms with Crippen molar-refractivity contribution in [3.8, 4) is 0 Å². The molecule has 2 heterocycles. The first-order chi connectivity index (χ1) is 7.21. The van der Waals surface area contributed by atoms with Gasteiger partial charge in [0.2, 0.25) is 0 Å². The zero-order valence-corrected chi connectivity index (χ0v) is 9.83. The third kappa shape index (κ3) is 2.52. The molecule has 0 radical (unpaired) electrons. The third-order valence-corrected chi connectivity index (χ3v) is 4.76. The van der Waals surface area contributed by atoms with Crippen molar-refractivity contribution < 1.29 is 5.11 Å². The van der Waals surface area contributed by atoms with Crippen LogP contribution in [-0.2, 0) is 6.42 Å². The lowest BCUT2D eigenvalue weighted by molar-refractivity contribution is 0.133. The SMILES string of the molecule is CC1(C(O)Cc2ccncc2)CCCS1. The highest BCUT2D eigenvalue weighted by molar-refractivity contribution is 8.00. The molecular formula is C12H17NOS. The predicted octanol–water partition coefficient (Wildman–Crippen LogP) is 2.27. The smallest absolute Gasteiger partial charge is 0.0724 e. The normalized spacial score (nSPS) is 27.9. The predicted molar refractivity (Wildman–Crippen MR) is 64.0 cm³/mol. The largest absolute Gasteiger partial charge is 0.391 e. The summed E-state index contributed by atoms with van der Waals surface area (Å²) in [5, 5.41) is 10.2. The molecular weight excluding hydrogens is 206 g/mol. The quantitative estimate of drug-likeness (QED) is 0.853. The molecule has 1 aromatic rings. The molecule has 2 rings (SSSR count). The van der Waals surface area contributed by atoms with Gasteiger partial charge in [-0.1, -0.05) is 0 Å². The summed E-state index contributed by atoms with van der Waals surface area (Å²) in [5.74, 6) is 1.18. The molecule has 0 aromatic carbocycles. The molecule has 0 bridgehead atoms. The van der Waals surface area contributed by atoms with Gasteiger partial charge in [-0.25, -0.2) is 0 Å². The number of nitrogens with zero attached hydrogens (tertiary/aromatic N) is 1. The van der Waals surface area contributed by atoms with Crippen LogP contribution in [0.1, 0.15) is 25.3 Å². The van der Waals surface area contributed by atoms with Crippen LogP contribution in [0, 0.1) is 0 Å². The molecule has 1 aliphatic rings. The monoisotopic (exact) mass is 223 g/mol. The summed E-state index contributed by atoms with van der Waals surface area (Å²) < 4.78 is 0.0588. The highest BCUT2D eigenvalue weighted by atomic mass is 32.2. The van der Waals surface area contributed by atoms with E-state index >= 15 is 0 Å². The Hall–Kier alpha value is -0.540. The number of hydrogen-bond acceptors (Lipinski definition) is 3. The minimum Gasteiger partial charge on any atom is -0.391 e. The van der Waals surface area contributed by atoms with E-state index in [0.29, 0.717) is 0 Å². The average Bonchev–Trinajstić information content (AvgIpc) is 2.68. The van der Waals surface area contributed by atoms with E-state index < -0.39 is 0 Å². The second-order valence-electron chi connectivity index (χ2n) is 4.34. The molecule has 0 amide bonds. The van der Waals surface area contributed by atoms with Gasteiger partial charge >= 0.3 is 0 Å². The lowest BCUT2D eigenvalue weighted by Gasteiger charge is -2.29. The van der Waals surface area contributed by atoms with Gasteiger partial charge in [0, 0.05) is 17.1 Å². The van der Waals surface area contributed by atoms with Crippen molar-refractivity contribution in [2.24, 2.45) is 0 Å². The molecule has 1 fully saturated rings. The molecule has 2 unspecified atom stereocenters. The van der Waals surface area contributed by atoms with Crippen molar-refractivity contribution in [3.63, 3.8) is 0 Å². The van der Waals surface area contributed by atoms with Crippen LogP contribution in [-0.4, -0.2) is 26.7 Å². The molecule has 3 heteroatoms. The van der Waals surface area contributed by atoms with Crippen molar-refractivity contribution in [2.45, 2.75) is 37.0 Å². The fourth-order valence-corrected chi connectivity index (χ4v) is 3.34. The number of thioether (sulfide) groups is 1. The topological polar surface area (TPSA) is 33.1 Å². The number of aliphatic hydroxyl groups excluding tert-OH is 1. The summed E-state index contributed by atoms with van der Waals surface area (Å²) in [7, 11) is 0. The van der Waals surface area contributed by atoms with E-state index in [9.17, 15) is 5.11 Å². The van der Waals surface area contributed by atoms with Crippen LogP contribution in [0.2, 0.25) is 0 Å². The van der Waals surface area contributed by atoms with Crippen LogP contribution in [0.25, 0.3) is 0 Å². The fraction of sp³-hybridized carbons (Fsp3) is 0.583. The van der Waals surface area contributed by atoms with E-state index in [1.165, 1.54) is 17.7 Å². The molecule has 0 aliphatic carbocycles. The van der Waals surface area contributed by atoms with Gasteiger partial charge in [0.25, 0.3) is 0 Å². The standard InChI is InChI=1S/C12H17NOS/c1-12(5-2-8-15-12)11(14)9-10-3-6-13-7-4-10/h3-4,6-7,11,14H,2,5,8-9H2,1H3. The molecule has 15 heavy (non-hydrogen) atoms. The second-order valence-corrected chi connectivity index (χ2v) is 5.97. The lowest BCUT2D eigenvalue weighted by Crippen LogP contribution is -2.35. The molecule has 1 aromatic heterocycles. The molecule has 0 spiro atoms. The van der Waals surface area contributed by atoms with Gasteiger partial charge < -0.3 is 5.11 Å². The third-order valence-electron chi connectivity index (χ3n) is 3.13. The first kappa shape index (κ1) is 11.0. The van der Waals surface area contributed by atoms with E-state index in [-0.39, 0.29) is 10.9 Å². The molecule has 1 N–H and O–H groups in total. The van der Waals surface area contributed by atoms with E-state index in [0.717, 1.165) is 12.8 Å². The first-order valence-electron chi connectivity index (χ1n) is 5.42. The summed E-state index contributed by atoms with van der Waals surface area (Å²) in [6.45, 7) is 2.18. The summed E-state index contributed by atoms with van der Waals surface area (Å²) in [5.41, 5.74) is 1.17. The van der Waals surface area contributed by atoms with E-state index in [4.69, 9.17) is 0 Å². The second kappa shape index (κ2) is 4.54. The minimum atomic E-state index is -0.243. The molecule has 82 valence electrons. The van der Waals surface area contributed by atoms with Crippen molar-refractivity contribution in [2.75, 3.05) is 5.75 Å². The van der Waals surface area contributed by atoms with Crippen LogP contribution >= 0.6 is 11.8 Å². The zero-order valence-electron chi connectivity index (χ0n) is 9.02. The van der Waals surface area contributed by atoms with E-state index in [1.54, 1.807) is 12.4 Å².